The number of pyridine rings is 1. The van der Waals surface area contributed by atoms with E-state index < -0.39 is 0 Å². The number of hydrogen-bond donors (Lipinski definition) is 1. The lowest BCUT2D eigenvalue weighted by Gasteiger charge is -2.28. The predicted molar refractivity (Wildman–Crippen MR) is 113 cm³/mol. The van der Waals surface area contributed by atoms with Crippen molar-refractivity contribution < 1.29 is 9.59 Å². The number of hydrogen-bond acceptors (Lipinski definition) is 4. The molecule has 6 heteroatoms. The molecule has 3 heterocycles. The highest BCUT2D eigenvalue weighted by molar-refractivity contribution is 5.94. The Morgan fingerprint density at radius 3 is 2.55 bits per heavy atom. The Bertz CT molecular complexity index is 1040. The summed E-state index contributed by atoms with van der Waals surface area (Å²) in [5.41, 5.74) is 5.50. The molecule has 1 amide bonds. The first kappa shape index (κ1) is 19.2. The van der Waals surface area contributed by atoms with Gasteiger partial charge in [-0.15, -0.1) is 0 Å². The van der Waals surface area contributed by atoms with E-state index in [1.165, 1.54) is 0 Å². The van der Waals surface area contributed by atoms with Crippen molar-refractivity contribution in [1.82, 2.24) is 14.7 Å². The molecule has 150 valence electrons. The number of benzene rings is 1. The smallest absolute Gasteiger partial charge is 0.270 e. The van der Waals surface area contributed by atoms with Gasteiger partial charge in [0.05, 0.1) is 5.69 Å². The molecule has 0 aliphatic carbocycles. The SMILES string of the molecule is CCc1nc2cc(C)ccn2c1C(=O)NCc1ccc(N2CCC(=O)CC2)cc1. The van der Waals surface area contributed by atoms with Gasteiger partial charge >= 0.3 is 0 Å². The predicted octanol–water partition coefficient (Wildman–Crippen LogP) is 3.30. The van der Waals surface area contributed by atoms with Gasteiger partial charge in [0, 0.05) is 44.4 Å². The van der Waals surface area contributed by atoms with Gasteiger partial charge in [-0.1, -0.05) is 19.1 Å². The Labute approximate surface area is 170 Å². The minimum Gasteiger partial charge on any atom is -0.371 e. The second kappa shape index (κ2) is 8.07. The van der Waals surface area contributed by atoms with Crippen LogP contribution in [0.25, 0.3) is 5.65 Å². The molecule has 0 atom stereocenters. The number of nitrogens with zero attached hydrogens (tertiary/aromatic N) is 3. The average molecular weight is 390 g/mol. The van der Waals surface area contributed by atoms with Crippen LogP contribution in [0.5, 0.6) is 0 Å². The summed E-state index contributed by atoms with van der Waals surface area (Å²) in [6, 6.07) is 12.2. The van der Waals surface area contributed by atoms with Gasteiger partial charge < -0.3 is 10.2 Å². The molecular weight excluding hydrogens is 364 g/mol. The van der Waals surface area contributed by atoms with Crippen LogP contribution in [-0.4, -0.2) is 34.2 Å². The first-order valence-corrected chi connectivity index (χ1v) is 10.2. The van der Waals surface area contributed by atoms with Crippen molar-refractivity contribution in [2.24, 2.45) is 0 Å². The molecule has 1 N–H and O–H groups in total. The number of anilines is 1. The second-order valence-corrected chi connectivity index (χ2v) is 7.57. The van der Waals surface area contributed by atoms with E-state index in [1.54, 1.807) is 0 Å². The van der Waals surface area contributed by atoms with Crippen LogP contribution in [-0.2, 0) is 17.8 Å². The summed E-state index contributed by atoms with van der Waals surface area (Å²) in [6.07, 6.45) is 3.85. The lowest BCUT2D eigenvalue weighted by Crippen LogP contribution is -2.33. The fourth-order valence-electron chi connectivity index (χ4n) is 3.79. The third-order valence-electron chi connectivity index (χ3n) is 5.48. The lowest BCUT2D eigenvalue weighted by atomic mass is 10.1. The minimum atomic E-state index is -0.114. The van der Waals surface area contributed by atoms with Crippen molar-refractivity contribution >= 4 is 23.0 Å². The number of aromatic nitrogens is 2. The first-order chi connectivity index (χ1) is 14.0. The number of Topliss-reactive ketones (excluding diaryl/α,β-unsaturated/α-hetero) is 1. The van der Waals surface area contributed by atoms with Gasteiger partial charge in [-0.05, 0) is 48.7 Å². The molecule has 1 saturated heterocycles. The second-order valence-electron chi connectivity index (χ2n) is 7.57. The molecule has 4 rings (SSSR count). The quantitative estimate of drug-likeness (QED) is 0.726. The van der Waals surface area contributed by atoms with E-state index in [2.05, 4.69) is 27.3 Å². The molecule has 0 spiro atoms. The number of aryl methyl sites for hydroxylation is 2. The molecule has 3 aromatic rings. The normalized spacial score (nSPS) is 14.4. The van der Waals surface area contributed by atoms with E-state index in [0.29, 0.717) is 37.3 Å². The molecule has 1 aliphatic rings. The molecule has 0 unspecified atom stereocenters. The zero-order valence-corrected chi connectivity index (χ0v) is 16.9. The number of nitrogens with one attached hydrogen (secondary N) is 1. The summed E-state index contributed by atoms with van der Waals surface area (Å²) in [6.45, 7) is 6.05. The first-order valence-electron chi connectivity index (χ1n) is 10.2. The lowest BCUT2D eigenvalue weighted by molar-refractivity contribution is -0.119. The van der Waals surface area contributed by atoms with Crippen molar-refractivity contribution in [2.45, 2.75) is 39.7 Å². The number of ketones is 1. The minimum absolute atomic E-state index is 0.114. The largest absolute Gasteiger partial charge is 0.371 e. The molecule has 2 aromatic heterocycles. The third kappa shape index (κ3) is 4.01. The van der Waals surface area contributed by atoms with Crippen molar-refractivity contribution in [2.75, 3.05) is 18.0 Å². The molecule has 1 aromatic carbocycles. The number of carbonyl (C=O) groups excluding carboxylic acids is 2. The Hall–Kier alpha value is -3.15. The molecule has 6 nitrogen and oxygen atoms in total. The van der Waals surface area contributed by atoms with Gasteiger partial charge in [-0.3, -0.25) is 14.0 Å². The van der Waals surface area contributed by atoms with Gasteiger partial charge in [-0.25, -0.2) is 4.98 Å². The van der Waals surface area contributed by atoms with Crippen molar-refractivity contribution in [3.63, 3.8) is 0 Å². The number of fused-ring (bicyclic) bond motifs is 1. The fraction of sp³-hybridized carbons (Fsp3) is 0.348. The maximum absolute atomic E-state index is 12.9. The Morgan fingerprint density at radius 1 is 1.14 bits per heavy atom. The zero-order chi connectivity index (χ0) is 20.4. The summed E-state index contributed by atoms with van der Waals surface area (Å²) in [7, 11) is 0. The van der Waals surface area contributed by atoms with Gasteiger partial charge in [0.15, 0.2) is 0 Å². The van der Waals surface area contributed by atoms with Crippen molar-refractivity contribution in [1.29, 1.82) is 0 Å². The van der Waals surface area contributed by atoms with E-state index in [4.69, 9.17) is 0 Å². The van der Waals surface area contributed by atoms with Gasteiger partial charge in [0.2, 0.25) is 0 Å². The van der Waals surface area contributed by atoms with Crippen LogP contribution < -0.4 is 10.2 Å². The van der Waals surface area contributed by atoms with E-state index in [0.717, 1.165) is 41.2 Å². The van der Waals surface area contributed by atoms with Crippen LogP contribution in [0.2, 0.25) is 0 Å². The maximum atomic E-state index is 12.9. The highest BCUT2D eigenvalue weighted by Gasteiger charge is 2.19. The van der Waals surface area contributed by atoms with Crippen LogP contribution in [0.3, 0.4) is 0 Å². The monoisotopic (exact) mass is 390 g/mol. The van der Waals surface area contributed by atoms with E-state index in [9.17, 15) is 9.59 Å². The van der Waals surface area contributed by atoms with Crippen LogP contribution >= 0.6 is 0 Å². The highest BCUT2D eigenvalue weighted by Crippen LogP contribution is 2.19. The number of amides is 1. The molecule has 29 heavy (non-hydrogen) atoms. The summed E-state index contributed by atoms with van der Waals surface area (Å²) < 4.78 is 1.86. The van der Waals surface area contributed by atoms with Crippen LogP contribution in [0.1, 0.15) is 47.1 Å². The number of piperidine rings is 1. The standard InChI is InChI=1S/C23H26N4O2/c1-3-20-22(27-13-8-16(2)14-21(27)25-20)23(29)24-15-17-4-6-18(7-5-17)26-11-9-19(28)10-12-26/h4-8,13-14H,3,9-12,15H2,1-2H3,(H,24,29). The number of imidazole rings is 1. The van der Waals surface area contributed by atoms with E-state index in [1.807, 2.05) is 48.7 Å². The van der Waals surface area contributed by atoms with Gasteiger partial charge in [-0.2, -0.15) is 0 Å². The Morgan fingerprint density at radius 2 is 1.86 bits per heavy atom. The third-order valence-corrected chi connectivity index (χ3v) is 5.48. The average Bonchev–Trinajstić information content (AvgIpc) is 3.10. The zero-order valence-electron chi connectivity index (χ0n) is 16.9. The van der Waals surface area contributed by atoms with Crippen molar-refractivity contribution in [3.8, 4) is 0 Å². The molecule has 0 bridgehead atoms. The van der Waals surface area contributed by atoms with Crippen LogP contribution in [0.15, 0.2) is 42.6 Å². The molecule has 1 fully saturated rings. The van der Waals surface area contributed by atoms with Gasteiger partial charge in [0.25, 0.3) is 5.91 Å². The molecule has 0 radical (unpaired) electrons. The summed E-state index contributed by atoms with van der Waals surface area (Å²) in [4.78, 5) is 31.1. The summed E-state index contributed by atoms with van der Waals surface area (Å²) >= 11 is 0. The Balaban J connectivity index is 1.45. The van der Waals surface area contributed by atoms with Gasteiger partial charge in [0.1, 0.15) is 17.1 Å². The molecule has 1 aliphatic heterocycles. The fourth-order valence-corrected chi connectivity index (χ4v) is 3.79. The molecular formula is C23H26N4O2. The Kier molecular flexibility index (Phi) is 5.34. The summed E-state index contributed by atoms with van der Waals surface area (Å²) in [5, 5.41) is 3.03. The molecule has 0 saturated carbocycles. The maximum Gasteiger partial charge on any atom is 0.270 e. The highest BCUT2D eigenvalue weighted by atomic mass is 16.2. The van der Waals surface area contributed by atoms with Crippen LogP contribution in [0.4, 0.5) is 5.69 Å². The topological polar surface area (TPSA) is 66.7 Å². The number of carbonyl (C=O) groups is 2. The summed E-state index contributed by atoms with van der Waals surface area (Å²) in [5.74, 6) is 0.228. The van der Waals surface area contributed by atoms with E-state index in [-0.39, 0.29) is 5.91 Å². The van der Waals surface area contributed by atoms with Crippen LogP contribution in [0, 0.1) is 6.92 Å². The van der Waals surface area contributed by atoms with Crippen molar-refractivity contribution in [3.05, 3.63) is 65.1 Å². The number of rotatable bonds is 5. The van der Waals surface area contributed by atoms with E-state index >= 15 is 0 Å².